The summed E-state index contributed by atoms with van der Waals surface area (Å²) in [5.41, 5.74) is 0. The summed E-state index contributed by atoms with van der Waals surface area (Å²) in [5.74, 6) is -0.849. The van der Waals surface area contributed by atoms with E-state index in [9.17, 15) is 4.79 Å². The summed E-state index contributed by atoms with van der Waals surface area (Å²) in [4.78, 5) is 14.3. The third kappa shape index (κ3) is 4.30. The molecule has 16 heavy (non-hydrogen) atoms. The molecule has 0 amide bonds. The molecule has 2 N–H and O–H groups in total. The molecule has 0 fully saturated rings. The highest BCUT2D eigenvalue weighted by molar-refractivity contribution is 7.13. The molecule has 0 spiro atoms. The van der Waals surface area contributed by atoms with E-state index in [1.807, 2.05) is 20.2 Å². The summed E-state index contributed by atoms with van der Waals surface area (Å²) < 4.78 is 0. The Labute approximate surface area is 99.9 Å². The fraction of sp³-hybridized carbons (Fsp3) is 0.545. The van der Waals surface area contributed by atoms with E-state index in [1.54, 1.807) is 6.07 Å². The van der Waals surface area contributed by atoms with Crippen molar-refractivity contribution in [3.05, 3.63) is 21.9 Å². The molecule has 1 unspecified atom stereocenters. The van der Waals surface area contributed by atoms with Crippen LogP contribution < -0.4 is 5.32 Å². The fourth-order valence-electron chi connectivity index (χ4n) is 1.47. The van der Waals surface area contributed by atoms with Gasteiger partial charge in [0, 0.05) is 24.0 Å². The Morgan fingerprint density at radius 3 is 2.75 bits per heavy atom. The van der Waals surface area contributed by atoms with Crippen LogP contribution in [0.3, 0.4) is 0 Å². The normalized spacial score (nSPS) is 13.0. The number of nitrogens with one attached hydrogen (secondary N) is 1. The van der Waals surface area contributed by atoms with Crippen molar-refractivity contribution in [1.29, 1.82) is 0 Å². The topological polar surface area (TPSA) is 52.6 Å². The highest BCUT2D eigenvalue weighted by atomic mass is 32.1. The van der Waals surface area contributed by atoms with Gasteiger partial charge in [0.25, 0.3) is 0 Å². The van der Waals surface area contributed by atoms with E-state index in [0.717, 1.165) is 18.0 Å². The third-order valence-corrected chi connectivity index (χ3v) is 3.21. The van der Waals surface area contributed by atoms with E-state index in [1.165, 1.54) is 11.3 Å². The zero-order chi connectivity index (χ0) is 12.1. The van der Waals surface area contributed by atoms with E-state index < -0.39 is 5.97 Å². The molecule has 0 saturated carbocycles. The number of carboxylic acids is 1. The molecule has 0 radical (unpaired) electrons. The van der Waals surface area contributed by atoms with Gasteiger partial charge in [-0.15, -0.1) is 11.3 Å². The second-order valence-corrected chi connectivity index (χ2v) is 5.28. The van der Waals surface area contributed by atoms with Gasteiger partial charge in [0.15, 0.2) is 0 Å². The monoisotopic (exact) mass is 242 g/mol. The Morgan fingerprint density at radius 2 is 2.25 bits per heavy atom. The van der Waals surface area contributed by atoms with E-state index >= 15 is 0 Å². The van der Waals surface area contributed by atoms with Gasteiger partial charge in [0.05, 0.1) is 0 Å². The lowest BCUT2D eigenvalue weighted by Crippen LogP contribution is -2.35. The van der Waals surface area contributed by atoms with Gasteiger partial charge >= 0.3 is 5.97 Å². The van der Waals surface area contributed by atoms with Crippen LogP contribution in [0.5, 0.6) is 0 Å². The fourth-order valence-corrected chi connectivity index (χ4v) is 2.27. The highest BCUT2D eigenvalue weighted by Crippen LogP contribution is 2.16. The van der Waals surface area contributed by atoms with Crippen LogP contribution in [0.15, 0.2) is 12.1 Å². The maximum Gasteiger partial charge on any atom is 0.345 e. The second-order valence-electron chi connectivity index (χ2n) is 4.12. The van der Waals surface area contributed by atoms with Gasteiger partial charge in [-0.1, -0.05) is 0 Å². The van der Waals surface area contributed by atoms with E-state index in [2.05, 4.69) is 17.1 Å². The first-order valence-corrected chi connectivity index (χ1v) is 6.01. The number of thiophene rings is 1. The van der Waals surface area contributed by atoms with Crippen molar-refractivity contribution in [2.45, 2.75) is 19.5 Å². The second kappa shape index (κ2) is 5.98. The van der Waals surface area contributed by atoms with Crippen molar-refractivity contribution in [1.82, 2.24) is 10.2 Å². The minimum absolute atomic E-state index is 0.394. The summed E-state index contributed by atoms with van der Waals surface area (Å²) in [7, 11) is 4.07. The molecule has 0 aliphatic carbocycles. The number of likely N-dealkylation sites (N-methyl/N-ethyl adjacent to an activating group) is 1. The van der Waals surface area contributed by atoms with Crippen LogP contribution in [0, 0.1) is 0 Å². The molecule has 0 aliphatic heterocycles. The predicted octanol–water partition coefficient (Wildman–Crippen LogP) is 1.49. The average molecular weight is 242 g/mol. The molecule has 1 heterocycles. The molecule has 0 aromatic carbocycles. The summed E-state index contributed by atoms with van der Waals surface area (Å²) in [6.45, 7) is 3.82. The number of hydrogen-bond acceptors (Lipinski definition) is 4. The molecular weight excluding hydrogens is 224 g/mol. The van der Waals surface area contributed by atoms with Crippen molar-refractivity contribution < 1.29 is 9.90 Å². The van der Waals surface area contributed by atoms with Gasteiger partial charge in [-0.25, -0.2) is 4.79 Å². The third-order valence-electron chi connectivity index (χ3n) is 2.14. The minimum atomic E-state index is -0.849. The molecule has 1 rings (SSSR count). The minimum Gasteiger partial charge on any atom is -0.477 e. The molecule has 4 nitrogen and oxygen atoms in total. The summed E-state index contributed by atoms with van der Waals surface area (Å²) in [6, 6.07) is 3.91. The first kappa shape index (κ1) is 13.2. The molecule has 90 valence electrons. The number of rotatable bonds is 6. The Hall–Kier alpha value is -0.910. The van der Waals surface area contributed by atoms with Crippen molar-refractivity contribution >= 4 is 17.3 Å². The van der Waals surface area contributed by atoms with Crippen LogP contribution in [-0.4, -0.2) is 42.7 Å². The molecule has 5 heteroatoms. The van der Waals surface area contributed by atoms with Crippen molar-refractivity contribution in [2.24, 2.45) is 0 Å². The molecule has 1 aromatic rings. The zero-order valence-electron chi connectivity index (χ0n) is 9.86. The Balaban J connectivity index is 2.39. The summed E-state index contributed by atoms with van der Waals surface area (Å²) in [6.07, 6.45) is 0. The lowest BCUT2D eigenvalue weighted by atomic mass is 10.3. The van der Waals surface area contributed by atoms with E-state index in [4.69, 9.17) is 5.11 Å². The Kier molecular flexibility index (Phi) is 4.92. The molecule has 0 bridgehead atoms. The lowest BCUT2D eigenvalue weighted by Gasteiger charge is -2.17. The molecule has 1 aromatic heterocycles. The number of carbonyl (C=O) groups is 1. The van der Waals surface area contributed by atoms with Crippen LogP contribution in [0.4, 0.5) is 0 Å². The lowest BCUT2D eigenvalue weighted by molar-refractivity contribution is 0.0702. The largest absolute Gasteiger partial charge is 0.477 e. The number of nitrogens with zero attached hydrogens (tertiary/aromatic N) is 1. The van der Waals surface area contributed by atoms with Gasteiger partial charge in [-0.3, -0.25) is 0 Å². The van der Waals surface area contributed by atoms with Crippen LogP contribution in [0.25, 0.3) is 0 Å². The van der Waals surface area contributed by atoms with Gasteiger partial charge < -0.3 is 15.3 Å². The van der Waals surface area contributed by atoms with Crippen LogP contribution in [0.2, 0.25) is 0 Å². The van der Waals surface area contributed by atoms with Gasteiger partial charge in [-0.2, -0.15) is 0 Å². The predicted molar refractivity (Wildman–Crippen MR) is 66.1 cm³/mol. The van der Waals surface area contributed by atoms with E-state index in [0.29, 0.717) is 10.9 Å². The van der Waals surface area contributed by atoms with Gasteiger partial charge in [0.2, 0.25) is 0 Å². The summed E-state index contributed by atoms with van der Waals surface area (Å²) >= 11 is 1.33. The maximum absolute atomic E-state index is 10.7. The quantitative estimate of drug-likeness (QED) is 0.793. The standard InChI is InChI=1S/C11H18N2O2S/c1-8(7-13(2)3)12-6-9-4-5-10(16-9)11(14)15/h4-5,8,12H,6-7H2,1-3H3,(H,14,15). The summed E-state index contributed by atoms with van der Waals surface area (Å²) in [5, 5.41) is 12.1. The maximum atomic E-state index is 10.7. The van der Waals surface area contributed by atoms with Gasteiger partial charge in [0.1, 0.15) is 4.88 Å². The number of aromatic carboxylic acids is 1. The van der Waals surface area contributed by atoms with E-state index in [-0.39, 0.29) is 0 Å². The SMILES string of the molecule is CC(CN(C)C)NCc1ccc(C(=O)O)s1. The first-order chi connectivity index (χ1) is 7.49. The molecule has 0 saturated heterocycles. The number of hydrogen-bond donors (Lipinski definition) is 2. The number of carboxylic acid groups (broad SMARTS) is 1. The molecular formula is C11H18N2O2S. The first-order valence-electron chi connectivity index (χ1n) is 5.19. The Bertz CT molecular complexity index is 350. The zero-order valence-corrected chi connectivity index (χ0v) is 10.7. The van der Waals surface area contributed by atoms with Crippen molar-refractivity contribution in [3.63, 3.8) is 0 Å². The molecule has 1 atom stereocenters. The van der Waals surface area contributed by atoms with Crippen molar-refractivity contribution in [2.75, 3.05) is 20.6 Å². The van der Waals surface area contributed by atoms with Crippen molar-refractivity contribution in [3.8, 4) is 0 Å². The van der Waals surface area contributed by atoms with Crippen LogP contribution >= 0.6 is 11.3 Å². The average Bonchev–Trinajstić information content (AvgIpc) is 2.61. The Morgan fingerprint density at radius 1 is 1.56 bits per heavy atom. The smallest absolute Gasteiger partial charge is 0.345 e. The van der Waals surface area contributed by atoms with Crippen LogP contribution in [0.1, 0.15) is 21.5 Å². The van der Waals surface area contributed by atoms with Gasteiger partial charge in [-0.05, 0) is 33.2 Å². The molecule has 0 aliphatic rings. The highest BCUT2D eigenvalue weighted by Gasteiger charge is 2.08. The van der Waals surface area contributed by atoms with Crippen LogP contribution in [-0.2, 0) is 6.54 Å².